The molecule has 4 aromatic carbocycles. The van der Waals surface area contributed by atoms with Crippen molar-refractivity contribution in [3.05, 3.63) is 78.7 Å². The molecule has 90 valence electrons. The average Bonchev–Trinajstić information content (AvgIpc) is 2.50. The van der Waals surface area contributed by atoms with Gasteiger partial charge in [-0.05, 0) is 81.2 Å². The highest BCUT2D eigenvalue weighted by Gasteiger charge is 2.01. The largest absolute Gasteiger partial charge is 0.0616 e. The Labute approximate surface area is 117 Å². The van der Waals surface area contributed by atoms with Crippen molar-refractivity contribution in [1.29, 1.82) is 0 Å². The van der Waals surface area contributed by atoms with E-state index >= 15 is 0 Å². The highest BCUT2D eigenvalue weighted by molar-refractivity contribution is 6.04. The van der Waals surface area contributed by atoms with Crippen molar-refractivity contribution >= 4 is 32.3 Å². The third-order valence-electron chi connectivity index (χ3n) is 3.72. The predicted molar refractivity (Wildman–Crippen MR) is 84.0 cm³/mol. The normalized spacial score (nSPS) is 10.9. The van der Waals surface area contributed by atoms with Crippen molar-refractivity contribution in [3.8, 4) is 5.92 Å². The lowest BCUT2D eigenvalue weighted by atomic mass is 9.99. The molecular formula is C20H10. The van der Waals surface area contributed by atoms with E-state index < -0.39 is 0 Å². The molecule has 0 aromatic heterocycles. The number of fused-ring (bicyclic) bond motifs is 3. The van der Waals surface area contributed by atoms with Gasteiger partial charge in [-0.1, -0.05) is 30.2 Å². The van der Waals surface area contributed by atoms with Gasteiger partial charge in [-0.15, -0.1) is 0 Å². The van der Waals surface area contributed by atoms with Crippen molar-refractivity contribution in [2.45, 2.75) is 0 Å². The molecule has 4 aromatic rings. The van der Waals surface area contributed by atoms with Crippen LogP contribution >= 0.6 is 0 Å². The van der Waals surface area contributed by atoms with Gasteiger partial charge in [0.15, 0.2) is 0 Å². The summed E-state index contributed by atoms with van der Waals surface area (Å²) in [5, 5.41) is 7.23. The minimum absolute atomic E-state index is 0.692. The van der Waals surface area contributed by atoms with Crippen molar-refractivity contribution < 1.29 is 0 Å². The lowest BCUT2D eigenvalue weighted by molar-refractivity contribution is 1.70. The zero-order chi connectivity index (χ0) is 13.5. The van der Waals surface area contributed by atoms with Gasteiger partial charge in [-0.25, -0.2) is 0 Å². The fourth-order valence-corrected chi connectivity index (χ4v) is 2.70. The topological polar surface area (TPSA) is 0 Å². The molecule has 0 aliphatic heterocycles. The van der Waals surface area contributed by atoms with Crippen molar-refractivity contribution in [2.75, 3.05) is 0 Å². The Balaban J connectivity index is 2.13. The van der Waals surface area contributed by atoms with Crippen LogP contribution in [0, 0.1) is 18.4 Å². The van der Waals surface area contributed by atoms with Crippen LogP contribution in [0.25, 0.3) is 32.3 Å². The van der Waals surface area contributed by atoms with E-state index in [4.69, 9.17) is 6.42 Å². The summed E-state index contributed by atoms with van der Waals surface area (Å²) in [7, 11) is 0. The van der Waals surface area contributed by atoms with Crippen molar-refractivity contribution in [1.82, 2.24) is 0 Å². The highest BCUT2D eigenvalue weighted by atomic mass is 14.1. The van der Waals surface area contributed by atoms with E-state index in [1.807, 2.05) is 12.1 Å². The van der Waals surface area contributed by atoms with Crippen LogP contribution in [0.3, 0.4) is 0 Å². The zero-order valence-electron chi connectivity index (χ0n) is 10.8. The molecule has 20 heavy (non-hydrogen) atoms. The van der Waals surface area contributed by atoms with E-state index in [2.05, 4.69) is 60.5 Å². The maximum absolute atomic E-state index is 7.21. The molecule has 0 heteroatoms. The van der Waals surface area contributed by atoms with Crippen LogP contribution in [-0.4, -0.2) is 0 Å². The Kier molecular flexibility index (Phi) is 2.28. The maximum atomic E-state index is 7.21. The summed E-state index contributed by atoms with van der Waals surface area (Å²) < 4.78 is 0. The molecule has 0 N–H and O–H groups in total. The first kappa shape index (κ1) is 11.1. The second-order valence-electron chi connectivity index (χ2n) is 5.00. The highest BCUT2D eigenvalue weighted by Crippen LogP contribution is 2.27. The van der Waals surface area contributed by atoms with E-state index in [1.165, 1.54) is 21.5 Å². The van der Waals surface area contributed by atoms with Crippen LogP contribution in [0.5, 0.6) is 0 Å². The van der Waals surface area contributed by atoms with Gasteiger partial charge < -0.3 is 0 Å². The number of hydrogen-bond acceptors (Lipinski definition) is 0. The van der Waals surface area contributed by atoms with Gasteiger partial charge in [0.25, 0.3) is 0 Å². The Morgan fingerprint density at radius 2 is 1.25 bits per heavy atom. The molecule has 0 unspecified atom stereocenters. The summed E-state index contributed by atoms with van der Waals surface area (Å²) >= 11 is 0. The van der Waals surface area contributed by atoms with E-state index in [-0.39, 0.29) is 0 Å². The van der Waals surface area contributed by atoms with Gasteiger partial charge in [0, 0.05) is 5.56 Å². The molecular weight excluding hydrogens is 240 g/mol. The molecule has 0 aliphatic carbocycles. The second-order valence-corrected chi connectivity index (χ2v) is 5.00. The molecule has 0 nitrogen and oxygen atoms in total. The molecule has 0 fully saturated rings. The Bertz CT molecular complexity index is 1000. The Hall–Kier alpha value is -2.78. The third-order valence-corrected chi connectivity index (χ3v) is 3.72. The summed E-state index contributed by atoms with van der Waals surface area (Å²) in [4.78, 5) is 0. The van der Waals surface area contributed by atoms with E-state index in [0.29, 0.717) is 5.56 Å². The van der Waals surface area contributed by atoms with Gasteiger partial charge in [0.1, 0.15) is 0 Å². The SMILES string of the molecule is [C]#Cc1[c]cc2cc3cc4ccccc4cc3cc2c1. The number of hydrogen-bond donors (Lipinski definition) is 0. The number of rotatable bonds is 0. The maximum Gasteiger partial charge on any atom is 0.0340 e. The Morgan fingerprint density at radius 1 is 0.700 bits per heavy atom. The minimum atomic E-state index is 0.692. The fourth-order valence-electron chi connectivity index (χ4n) is 2.70. The molecule has 4 rings (SSSR count). The molecule has 0 saturated carbocycles. The second kappa shape index (κ2) is 4.11. The lowest BCUT2D eigenvalue weighted by Crippen LogP contribution is -1.80. The molecule has 0 bridgehead atoms. The van der Waals surface area contributed by atoms with E-state index in [1.54, 1.807) is 0 Å². The first-order chi connectivity index (χ1) is 9.83. The van der Waals surface area contributed by atoms with Crippen LogP contribution in [-0.2, 0) is 0 Å². The monoisotopic (exact) mass is 250 g/mol. The average molecular weight is 250 g/mol. The van der Waals surface area contributed by atoms with Gasteiger partial charge >= 0.3 is 0 Å². The van der Waals surface area contributed by atoms with Crippen LogP contribution in [0.2, 0.25) is 0 Å². The molecule has 0 amide bonds. The van der Waals surface area contributed by atoms with Crippen molar-refractivity contribution in [2.24, 2.45) is 0 Å². The molecule has 0 spiro atoms. The Morgan fingerprint density at radius 3 is 1.90 bits per heavy atom. The van der Waals surface area contributed by atoms with Crippen molar-refractivity contribution in [3.63, 3.8) is 0 Å². The van der Waals surface area contributed by atoms with Crippen LogP contribution in [0.15, 0.2) is 60.7 Å². The molecule has 0 heterocycles. The van der Waals surface area contributed by atoms with Gasteiger partial charge in [0.2, 0.25) is 0 Å². The standard InChI is InChI=1S/C20H10/c1-2-14-7-8-17-12-19-10-15-5-3-4-6-16(15)11-20(19)13-18(17)9-14/h3-6,8-13H. The minimum Gasteiger partial charge on any atom is -0.0616 e. The summed E-state index contributed by atoms with van der Waals surface area (Å²) in [6.07, 6.45) is 7.21. The zero-order valence-corrected chi connectivity index (χ0v) is 10.8. The molecule has 0 saturated heterocycles. The number of benzene rings is 4. The molecule has 0 aliphatic rings. The summed E-state index contributed by atoms with van der Waals surface area (Å²) in [6, 6.07) is 24.1. The quantitative estimate of drug-likeness (QED) is 0.308. The molecule has 2 radical (unpaired) electrons. The van der Waals surface area contributed by atoms with E-state index in [9.17, 15) is 0 Å². The van der Waals surface area contributed by atoms with Gasteiger partial charge in [0.05, 0.1) is 0 Å². The van der Waals surface area contributed by atoms with E-state index in [0.717, 1.165) is 10.8 Å². The van der Waals surface area contributed by atoms with Crippen LogP contribution in [0.4, 0.5) is 0 Å². The van der Waals surface area contributed by atoms with Gasteiger partial charge in [-0.3, -0.25) is 0 Å². The lowest BCUT2D eigenvalue weighted by Gasteiger charge is -2.05. The van der Waals surface area contributed by atoms with Crippen LogP contribution in [0.1, 0.15) is 5.56 Å². The first-order valence-corrected chi connectivity index (χ1v) is 6.54. The summed E-state index contributed by atoms with van der Waals surface area (Å²) in [6.45, 7) is 0. The molecule has 0 atom stereocenters. The summed E-state index contributed by atoms with van der Waals surface area (Å²) in [5.74, 6) is 2.39. The fraction of sp³-hybridized carbons (Fsp3) is 0. The predicted octanol–water partition coefficient (Wildman–Crippen LogP) is 4.88. The summed E-state index contributed by atoms with van der Waals surface area (Å²) in [5.41, 5.74) is 0.692. The van der Waals surface area contributed by atoms with Gasteiger partial charge in [-0.2, -0.15) is 0 Å². The smallest absolute Gasteiger partial charge is 0.0340 e. The third kappa shape index (κ3) is 1.65. The first-order valence-electron chi connectivity index (χ1n) is 6.54. The van der Waals surface area contributed by atoms with Crippen LogP contribution < -0.4 is 0 Å².